The maximum atomic E-state index is 12.9. The largest absolute Gasteiger partial charge is 0.379 e. The van der Waals surface area contributed by atoms with Gasteiger partial charge in [0.2, 0.25) is 5.91 Å². The molecule has 1 aliphatic carbocycles. The Hall–Kier alpha value is -1.46. The van der Waals surface area contributed by atoms with Crippen LogP contribution in [0.2, 0.25) is 0 Å². The number of benzene rings is 1. The highest BCUT2D eigenvalue weighted by Gasteiger charge is 2.43. The molecule has 1 aliphatic heterocycles. The summed E-state index contributed by atoms with van der Waals surface area (Å²) in [5.74, 6) is 0.235. The van der Waals surface area contributed by atoms with Gasteiger partial charge in [0.05, 0.1) is 13.2 Å². The van der Waals surface area contributed by atoms with Crippen molar-refractivity contribution in [1.29, 1.82) is 0 Å². The van der Waals surface area contributed by atoms with Crippen LogP contribution in [0.1, 0.15) is 24.3 Å². The number of hydrogen-bond acceptors (Lipinski definition) is 3. The molecule has 2 atom stereocenters. The van der Waals surface area contributed by atoms with E-state index in [-0.39, 0.29) is 23.6 Å². The van der Waals surface area contributed by atoms with Crippen LogP contribution in [-0.2, 0) is 9.53 Å². The van der Waals surface area contributed by atoms with Crippen LogP contribution in [-0.4, -0.2) is 50.2 Å². The Morgan fingerprint density at radius 2 is 2.00 bits per heavy atom. The van der Waals surface area contributed by atoms with Crippen molar-refractivity contribution in [2.24, 2.45) is 5.92 Å². The molecule has 4 nitrogen and oxygen atoms in total. The average Bonchev–Trinajstić information content (AvgIpc) is 3.34. The fourth-order valence-corrected chi connectivity index (χ4v) is 3.03. The molecule has 0 spiro atoms. The smallest absolute Gasteiger partial charge is 0.223 e. The number of morpholine rings is 1. The van der Waals surface area contributed by atoms with Crippen LogP contribution < -0.4 is 5.32 Å². The highest BCUT2D eigenvalue weighted by Crippen LogP contribution is 2.47. The molecule has 1 heterocycles. The first-order chi connectivity index (χ1) is 10.7. The third-order valence-corrected chi connectivity index (χ3v) is 4.48. The number of amides is 1. The standard InChI is InChI=1S/C17H23FN2O2/c18-14-4-2-13(3-5-14)15-12-16(15)17(21)19-6-1-7-20-8-10-22-11-9-20/h2-5,15-16H,1,6-12H2,(H,19,21). The first kappa shape index (κ1) is 15.4. The van der Waals surface area contributed by atoms with Crippen molar-refractivity contribution < 1.29 is 13.9 Å². The molecule has 1 aromatic carbocycles. The van der Waals surface area contributed by atoms with Crippen molar-refractivity contribution in [2.75, 3.05) is 39.4 Å². The molecule has 1 amide bonds. The van der Waals surface area contributed by atoms with Crippen LogP contribution in [0, 0.1) is 11.7 Å². The Bertz CT molecular complexity index is 500. The minimum atomic E-state index is -0.228. The molecule has 3 rings (SSSR count). The van der Waals surface area contributed by atoms with Gasteiger partial charge in [-0.1, -0.05) is 12.1 Å². The third-order valence-electron chi connectivity index (χ3n) is 4.48. The molecule has 120 valence electrons. The SMILES string of the molecule is O=C(NCCCN1CCOCC1)C1CC1c1ccc(F)cc1. The number of carbonyl (C=O) groups is 1. The van der Waals surface area contributed by atoms with Gasteiger partial charge in [-0.05, 0) is 43.0 Å². The molecule has 1 N–H and O–H groups in total. The van der Waals surface area contributed by atoms with Crippen molar-refractivity contribution in [1.82, 2.24) is 10.2 Å². The number of nitrogens with zero attached hydrogens (tertiary/aromatic N) is 1. The van der Waals surface area contributed by atoms with Crippen molar-refractivity contribution >= 4 is 5.91 Å². The topological polar surface area (TPSA) is 41.6 Å². The number of nitrogens with one attached hydrogen (secondary N) is 1. The minimum Gasteiger partial charge on any atom is -0.379 e. The van der Waals surface area contributed by atoms with E-state index in [0.717, 1.165) is 57.8 Å². The van der Waals surface area contributed by atoms with Crippen LogP contribution in [0.5, 0.6) is 0 Å². The lowest BCUT2D eigenvalue weighted by Gasteiger charge is -2.26. The summed E-state index contributed by atoms with van der Waals surface area (Å²) in [6.45, 7) is 5.34. The third kappa shape index (κ3) is 4.05. The summed E-state index contributed by atoms with van der Waals surface area (Å²) in [7, 11) is 0. The van der Waals surface area contributed by atoms with E-state index in [2.05, 4.69) is 10.2 Å². The molecule has 22 heavy (non-hydrogen) atoms. The van der Waals surface area contributed by atoms with Gasteiger partial charge in [-0.2, -0.15) is 0 Å². The second-order valence-electron chi connectivity index (χ2n) is 6.10. The number of halogens is 1. The fraction of sp³-hybridized carbons (Fsp3) is 0.588. The van der Waals surface area contributed by atoms with Crippen molar-refractivity contribution in [2.45, 2.75) is 18.8 Å². The highest BCUT2D eigenvalue weighted by atomic mass is 19.1. The Balaban J connectivity index is 1.34. The Labute approximate surface area is 130 Å². The van der Waals surface area contributed by atoms with Gasteiger partial charge < -0.3 is 10.1 Å². The second-order valence-corrected chi connectivity index (χ2v) is 6.10. The lowest BCUT2D eigenvalue weighted by molar-refractivity contribution is -0.122. The molecular weight excluding hydrogens is 283 g/mol. The molecule has 2 aliphatic rings. The van der Waals surface area contributed by atoms with E-state index in [1.165, 1.54) is 12.1 Å². The lowest BCUT2D eigenvalue weighted by Crippen LogP contribution is -2.38. The predicted octanol–water partition coefficient (Wildman–Crippen LogP) is 1.77. The van der Waals surface area contributed by atoms with Gasteiger partial charge in [0.1, 0.15) is 5.82 Å². The summed E-state index contributed by atoms with van der Waals surface area (Å²) >= 11 is 0. The molecular formula is C17H23FN2O2. The molecule has 1 saturated carbocycles. The summed E-state index contributed by atoms with van der Waals surface area (Å²) < 4.78 is 18.2. The van der Waals surface area contributed by atoms with E-state index in [1.807, 2.05) is 0 Å². The van der Waals surface area contributed by atoms with E-state index >= 15 is 0 Å². The molecule has 2 unspecified atom stereocenters. The van der Waals surface area contributed by atoms with Crippen LogP contribution in [0.3, 0.4) is 0 Å². The molecule has 1 saturated heterocycles. The molecule has 0 aromatic heterocycles. The van der Waals surface area contributed by atoms with E-state index in [1.54, 1.807) is 12.1 Å². The summed E-state index contributed by atoms with van der Waals surface area (Å²) in [6, 6.07) is 6.49. The Morgan fingerprint density at radius 1 is 1.27 bits per heavy atom. The Kier molecular flexibility index (Phi) is 5.05. The van der Waals surface area contributed by atoms with Crippen LogP contribution in [0.25, 0.3) is 0 Å². The van der Waals surface area contributed by atoms with Crippen molar-refractivity contribution in [3.8, 4) is 0 Å². The van der Waals surface area contributed by atoms with Gasteiger partial charge in [-0.15, -0.1) is 0 Å². The van der Waals surface area contributed by atoms with Gasteiger partial charge in [-0.3, -0.25) is 9.69 Å². The van der Waals surface area contributed by atoms with E-state index in [4.69, 9.17) is 4.74 Å². The van der Waals surface area contributed by atoms with Gasteiger partial charge in [-0.25, -0.2) is 4.39 Å². The molecule has 0 bridgehead atoms. The summed E-state index contributed by atoms with van der Waals surface area (Å²) in [5, 5.41) is 3.02. The molecule has 0 radical (unpaired) electrons. The first-order valence-corrected chi connectivity index (χ1v) is 8.07. The number of hydrogen-bond donors (Lipinski definition) is 1. The maximum Gasteiger partial charge on any atom is 0.223 e. The van der Waals surface area contributed by atoms with Crippen LogP contribution >= 0.6 is 0 Å². The molecule has 2 fully saturated rings. The average molecular weight is 306 g/mol. The zero-order valence-electron chi connectivity index (χ0n) is 12.8. The van der Waals surface area contributed by atoms with Crippen LogP contribution in [0.4, 0.5) is 4.39 Å². The quantitative estimate of drug-likeness (QED) is 0.815. The summed E-state index contributed by atoms with van der Waals surface area (Å²) in [6.07, 6.45) is 1.85. The fourth-order valence-electron chi connectivity index (χ4n) is 3.03. The van der Waals surface area contributed by atoms with Gasteiger partial charge in [0.25, 0.3) is 0 Å². The molecule has 1 aromatic rings. The Morgan fingerprint density at radius 3 is 2.73 bits per heavy atom. The molecule has 5 heteroatoms. The van der Waals surface area contributed by atoms with Gasteiger partial charge in [0.15, 0.2) is 0 Å². The zero-order valence-corrected chi connectivity index (χ0v) is 12.8. The monoisotopic (exact) mass is 306 g/mol. The maximum absolute atomic E-state index is 12.9. The van der Waals surface area contributed by atoms with E-state index in [0.29, 0.717) is 0 Å². The summed E-state index contributed by atoms with van der Waals surface area (Å²) in [4.78, 5) is 14.5. The van der Waals surface area contributed by atoms with Crippen molar-refractivity contribution in [3.05, 3.63) is 35.6 Å². The first-order valence-electron chi connectivity index (χ1n) is 8.07. The van der Waals surface area contributed by atoms with E-state index < -0.39 is 0 Å². The minimum absolute atomic E-state index is 0.0637. The van der Waals surface area contributed by atoms with Crippen LogP contribution in [0.15, 0.2) is 24.3 Å². The number of rotatable bonds is 6. The zero-order chi connectivity index (χ0) is 15.4. The van der Waals surface area contributed by atoms with Gasteiger partial charge >= 0.3 is 0 Å². The highest BCUT2D eigenvalue weighted by molar-refractivity contribution is 5.82. The lowest BCUT2D eigenvalue weighted by atomic mass is 10.1. The predicted molar refractivity (Wildman–Crippen MR) is 82.1 cm³/mol. The van der Waals surface area contributed by atoms with Crippen molar-refractivity contribution in [3.63, 3.8) is 0 Å². The summed E-state index contributed by atoms with van der Waals surface area (Å²) in [5.41, 5.74) is 1.06. The normalized spacial score (nSPS) is 25.0. The number of carbonyl (C=O) groups excluding carboxylic acids is 1. The van der Waals surface area contributed by atoms with E-state index in [9.17, 15) is 9.18 Å². The second kappa shape index (κ2) is 7.20. The van der Waals surface area contributed by atoms with Gasteiger partial charge in [0, 0.05) is 25.6 Å². The number of ether oxygens (including phenoxy) is 1.